The highest BCUT2D eigenvalue weighted by atomic mass is 35.5. The second kappa shape index (κ2) is 6.93. The van der Waals surface area contributed by atoms with Gasteiger partial charge in [0.25, 0.3) is 0 Å². The Morgan fingerprint density at radius 3 is 2.56 bits per heavy atom. The molecule has 5 nitrogen and oxygen atoms in total. The number of carbonyl (C=O) groups is 2. The standard InChI is InChI=1S/C11H13ClFN3O2/c1-14-10(17)5-15-6-11(18)16-9-3-2-7(13)4-8(9)12/h2-4,15H,5-6H2,1H3,(H,14,17)(H,16,18). The van der Waals surface area contributed by atoms with Gasteiger partial charge in [-0.1, -0.05) is 11.6 Å². The first-order chi connectivity index (χ1) is 8.52. The maximum atomic E-state index is 12.8. The van der Waals surface area contributed by atoms with Gasteiger partial charge in [-0.3, -0.25) is 14.9 Å². The van der Waals surface area contributed by atoms with Crippen LogP contribution in [0.5, 0.6) is 0 Å². The van der Waals surface area contributed by atoms with Crippen molar-refractivity contribution in [2.75, 3.05) is 25.5 Å². The highest BCUT2D eigenvalue weighted by molar-refractivity contribution is 6.33. The van der Waals surface area contributed by atoms with Crippen molar-refractivity contribution in [2.24, 2.45) is 0 Å². The van der Waals surface area contributed by atoms with Gasteiger partial charge in [-0.25, -0.2) is 4.39 Å². The van der Waals surface area contributed by atoms with Gasteiger partial charge in [0.2, 0.25) is 11.8 Å². The summed E-state index contributed by atoms with van der Waals surface area (Å²) in [6, 6.07) is 3.67. The second-order valence-corrected chi connectivity index (χ2v) is 3.86. The van der Waals surface area contributed by atoms with Crippen LogP contribution in [-0.4, -0.2) is 32.0 Å². The van der Waals surface area contributed by atoms with Crippen LogP contribution in [0.3, 0.4) is 0 Å². The lowest BCUT2D eigenvalue weighted by atomic mass is 10.3. The minimum absolute atomic E-state index is 0.0406. The predicted molar refractivity (Wildman–Crippen MR) is 67.0 cm³/mol. The Balaban J connectivity index is 2.42. The van der Waals surface area contributed by atoms with Gasteiger partial charge >= 0.3 is 0 Å². The third-order valence-corrected chi connectivity index (χ3v) is 2.37. The van der Waals surface area contributed by atoms with Crippen molar-refractivity contribution in [1.82, 2.24) is 10.6 Å². The zero-order valence-electron chi connectivity index (χ0n) is 9.72. The maximum absolute atomic E-state index is 12.8. The summed E-state index contributed by atoms with van der Waals surface area (Å²) >= 11 is 5.74. The van der Waals surface area contributed by atoms with Gasteiger partial charge in [0.15, 0.2) is 0 Å². The van der Waals surface area contributed by atoms with E-state index in [1.165, 1.54) is 19.2 Å². The molecule has 18 heavy (non-hydrogen) atoms. The van der Waals surface area contributed by atoms with Gasteiger partial charge in [0, 0.05) is 7.05 Å². The second-order valence-electron chi connectivity index (χ2n) is 3.45. The van der Waals surface area contributed by atoms with Crippen LogP contribution >= 0.6 is 11.6 Å². The Morgan fingerprint density at radius 2 is 1.94 bits per heavy atom. The Hall–Kier alpha value is -1.66. The highest BCUT2D eigenvalue weighted by Crippen LogP contribution is 2.21. The molecule has 1 aromatic carbocycles. The molecule has 1 rings (SSSR count). The first-order valence-electron chi connectivity index (χ1n) is 5.19. The van der Waals surface area contributed by atoms with Crippen molar-refractivity contribution >= 4 is 29.1 Å². The fourth-order valence-electron chi connectivity index (χ4n) is 1.16. The van der Waals surface area contributed by atoms with E-state index in [2.05, 4.69) is 16.0 Å². The average molecular weight is 274 g/mol. The first kappa shape index (κ1) is 14.4. The summed E-state index contributed by atoms with van der Waals surface area (Å²) in [5.41, 5.74) is 0.324. The van der Waals surface area contributed by atoms with E-state index in [1.807, 2.05) is 0 Å². The van der Waals surface area contributed by atoms with Gasteiger partial charge in [0.05, 0.1) is 23.8 Å². The summed E-state index contributed by atoms with van der Waals surface area (Å²) in [6.45, 7) is 0.00218. The van der Waals surface area contributed by atoms with Crippen LogP contribution in [-0.2, 0) is 9.59 Å². The van der Waals surface area contributed by atoms with Crippen molar-refractivity contribution in [3.63, 3.8) is 0 Å². The molecule has 1 aromatic rings. The third-order valence-electron chi connectivity index (χ3n) is 2.06. The number of rotatable bonds is 5. The Labute approximate surface area is 109 Å². The number of anilines is 1. The van der Waals surface area contributed by atoms with Crippen LogP contribution in [0.15, 0.2) is 18.2 Å². The normalized spacial score (nSPS) is 9.94. The number of amides is 2. The van der Waals surface area contributed by atoms with E-state index in [0.717, 1.165) is 6.07 Å². The topological polar surface area (TPSA) is 70.2 Å². The number of likely N-dealkylation sites (N-methyl/N-ethyl adjacent to an activating group) is 1. The van der Waals surface area contributed by atoms with Crippen LogP contribution in [0.1, 0.15) is 0 Å². The SMILES string of the molecule is CNC(=O)CNCC(=O)Nc1ccc(F)cc1Cl. The number of benzene rings is 1. The van der Waals surface area contributed by atoms with Crippen LogP contribution in [0.25, 0.3) is 0 Å². The van der Waals surface area contributed by atoms with Crippen LogP contribution in [0.2, 0.25) is 5.02 Å². The summed E-state index contributed by atoms with van der Waals surface area (Å²) in [7, 11) is 1.50. The quantitative estimate of drug-likeness (QED) is 0.742. The third kappa shape index (κ3) is 4.68. The van der Waals surface area contributed by atoms with Crippen molar-refractivity contribution in [3.05, 3.63) is 29.0 Å². The molecule has 0 spiro atoms. The summed E-state index contributed by atoms with van der Waals surface area (Å²) in [6.07, 6.45) is 0. The summed E-state index contributed by atoms with van der Waals surface area (Å²) < 4.78 is 12.8. The molecule has 0 heterocycles. The zero-order chi connectivity index (χ0) is 13.5. The molecule has 7 heteroatoms. The number of nitrogens with one attached hydrogen (secondary N) is 3. The number of halogens is 2. The fourth-order valence-corrected chi connectivity index (χ4v) is 1.38. The average Bonchev–Trinajstić information content (AvgIpc) is 2.32. The summed E-state index contributed by atoms with van der Waals surface area (Å²) in [5.74, 6) is -1.06. The van der Waals surface area contributed by atoms with Crippen LogP contribution in [0, 0.1) is 5.82 Å². The summed E-state index contributed by atoms with van der Waals surface area (Å²) in [5, 5.41) is 7.67. The molecule has 0 aliphatic heterocycles. The molecule has 2 amide bonds. The Morgan fingerprint density at radius 1 is 1.28 bits per heavy atom. The molecular weight excluding hydrogens is 261 g/mol. The molecule has 0 unspecified atom stereocenters. The van der Waals surface area contributed by atoms with E-state index in [1.54, 1.807) is 0 Å². The van der Waals surface area contributed by atoms with Crippen molar-refractivity contribution in [3.8, 4) is 0 Å². The molecule has 0 atom stereocenters. The lowest BCUT2D eigenvalue weighted by molar-refractivity contribution is -0.119. The van der Waals surface area contributed by atoms with Crippen molar-refractivity contribution in [2.45, 2.75) is 0 Å². The summed E-state index contributed by atoms with van der Waals surface area (Å²) in [4.78, 5) is 22.3. The van der Waals surface area contributed by atoms with Crippen LogP contribution < -0.4 is 16.0 Å². The van der Waals surface area contributed by atoms with Gasteiger partial charge in [-0.15, -0.1) is 0 Å². The molecule has 3 N–H and O–H groups in total. The van der Waals surface area contributed by atoms with Gasteiger partial charge in [0.1, 0.15) is 5.82 Å². The largest absolute Gasteiger partial charge is 0.358 e. The Bertz CT molecular complexity index is 454. The lowest BCUT2D eigenvalue weighted by Gasteiger charge is -2.07. The lowest BCUT2D eigenvalue weighted by Crippen LogP contribution is -2.36. The van der Waals surface area contributed by atoms with Gasteiger partial charge < -0.3 is 10.6 Å². The molecule has 0 saturated carbocycles. The zero-order valence-corrected chi connectivity index (χ0v) is 10.5. The van der Waals surface area contributed by atoms with E-state index >= 15 is 0 Å². The molecule has 0 aromatic heterocycles. The monoisotopic (exact) mass is 273 g/mol. The number of hydrogen-bond acceptors (Lipinski definition) is 3. The molecule has 0 aliphatic rings. The molecule has 0 saturated heterocycles. The smallest absolute Gasteiger partial charge is 0.238 e. The number of hydrogen-bond donors (Lipinski definition) is 3. The van der Waals surface area contributed by atoms with E-state index in [-0.39, 0.29) is 29.9 Å². The minimum Gasteiger partial charge on any atom is -0.358 e. The van der Waals surface area contributed by atoms with E-state index in [4.69, 9.17) is 11.6 Å². The fraction of sp³-hybridized carbons (Fsp3) is 0.273. The van der Waals surface area contributed by atoms with E-state index in [0.29, 0.717) is 5.69 Å². The van der Waals surface area contributed by atoms with E-state index in [9.17, 15) is 14.0 Å². The maximum Gasteiger partial charge on any atom is 0.238 e. The molecule has 98 valence electrons. The molecule has 0 bridgehead atoms. The number of carbonyl (C=O) groups excluding carboxylic acids is 2. The van der Waals surface area contributed by atoms with Crippen LogP contribution in [0.4, 0.5) is 10.1 Å². The van der Waals surface area contributed by atoms with Crippen molar-refractivity contribution in [1.29, 1.82) is 0 Å². The molecule has 0 radical (unpaired) electrons. The van der Waals surface area contributed by atoms with E-state index < -0.39 is 5.82 Å². The minimum atomic E-state index is -0.476. The molecular formula is C11H13ClFN3O2. The van der Waals surface area contributed by atoms with Gasteiger partial charge in [-0.05, 0) is 18.2 Å². The molecule has 0 fully saturated rings. The Kier molecular flexibility index (Phi) is 5.54. The van der Waals surface area contributed by atoms with Gasteiger partial charge in [-0.2, -0.15) is 0 Å². The first-order valence-corrected chi connectivity index (χ1v) is 5.57. The highest BCUT2D eigenvalue weighted by Gasteiger charge is 2.07. The molecule has 0 aliphatic carbocycles. The predicted octanol–water partition coefficient (Wildman–Crippen LogP) is 0.753. The van der Waals surface area contributed by atoms with Crippen molar-refractivity contribution < 1.29 is 14.0 Å².